The lowest BCUT2D eigenvalue weighted by atomic mass is 9.87. The molecule has 0 saturated carbocycles. The van der Waals surface area contributed by atoms with Crippen LogP contribution in [0.25, 0.3) is 0 Å². The second kappa shape index (κ2) is 4.21. The van der Waals surface area contributed by atoms with E-state index in [-0.39, 0.29) is 0 Å². The second-order valence-electron chi connectivity index (χ2n) is 3.91. The maximum atomic E-state index is 8.88. The number of hydrogen-bond acceptors (Lipinski definition) is 1. The molecule has 0 atom stereocenters. The Balaban J connectivity index is 2.94. The Morgan fingerprint density at radius 1 is 1.36 bits per heavy atom. The molecule has 0 fully saturated rings. The van der Waals surface area contributed by atoms with Crippen LogP contribution in [-0.4, -0.2) is 0 Å². The monoisotopic (exact) mass is 227 g/mol. The Kier molecular flexibility index (Phi) is 3.42. The largest absolute Gasteiger partial charge is 0.198 e. The third kappa shape index (κ3) is 2.90. The van der Waals surface area contributed by atoms with E-state index >= 15 is 0 Å². The van der Waals surface area contributed by atoms with Crippen molar-refractivity contribution in [3.63, 3.8) is 0 Å². The molecule has 1 nitrogen and oxygen atoms in total. The van der Waals surface area contributed by atoms with Crippen molar-refractivity contribution in [1.82, 2.24) is 0 Å². The van der Waals surface area contributed by atoms with E-state index in [2.05, 4.69) is 6.07 Å². The van der Waals surface area contributed by atoms with E-state index in [1.165, 1.54) is 0 Å². The lowest BCUT2D eigenvalue weighted by molar-refractivity contribution is 0.493. The van der Waals surface area contributed by atoms with Crippen LogP contribution in [0, 0.1) is 16.7 Å². The third-order valence-electron chi connectivity index (χ3n) is 1.95. The maximum Gasteiger partial charge on any atom is 0.0687 e. The van der Waals surface area contributed by atoms with Crippen molar-refractivity contribution in [3.8, 4) is 6.07 Å². The molecule has 0 spiro atoms. The molecule has 0 unspecified atom stereocenters. The summed E-state index contributed by atoms with van der Waals surface area (Å²) >= 11 is 11.8. The van der Waals surface area contributed by atoms with Gasteiger partial charge in [0.05, 0.1) is 11.5 Å². The van der Waals surface area contributed by atoms with Crippen LogP contribution < -0.4 is 0 Å². The summed E-state index contributed by atoms with van der Waals surface area (Å²) in [5.41, 5.74) is 0.569. The summed E-state index contributed by atoms with van der Waals surface area (Å²) < 4.78 is 0. The summed E-state index contributed by atoms with van der Waals surface area (Å²) in [4.78, 5) is 0. The molecule has 0 aliphatic heterocycles. The summed E-state index contributed by atoms with van der Waals surface area (Å²) in [5, 5.41) is 10.1. The number of benzene rings is 1. The predicted octanol–water partition coefficient (Wildman–Crippen LogP) is 4.09. The number of nitrogens with zero attached hydrogens (tertiary/aromatic N) is 1. The van der Waals surface area contributed by atoms with Crippen molar-refractivity contribution in [3.05, 3.63) is 33.8 Å². The molecule has 14 heavy (non-hydrogen) atoms. The fourth-order valence-corrected chi connectivity index (χ4v) is 1.66. The molecular weight excluding hydrogens is 217 g/mol. The average Bonchev–Trinajstić information content (AvgIpc) is 2.10. The number of rotatable bonds is 2. The van der Waals surface area contributed by atoms with Gasteiger partial charge in [-0.2, -0.15) is 5.26 Å². The molecule has 0 saturated heterocycles. The lowest BCUT2D eigenvalue weighted by Crippen LogP contribution is -2.11. The first-order valence-electron chi connectivity index (χ1n) is 4.30. The van der Waals surface area contributed by atoms with Gasteiger partial charge in [-0.15, -0.1) is 0 Å². The standard InChI is InChI=1S/C11H11Cl2N/c1-11(2,7-14)6-8-3-4-9(12)5-10(8)13/h3-5H,6H2,1-2H3. The van der Waals surface area contributed by atoms with E-state index in [0.717, 1.165) is 5.56 Å². The van der Waals surface area contributed by atoms with Crippen LogP contribution in [-0.2, 0) is 6.42 Å². The van der Waals surface area contributed by atoms with Gasteiger partial charge in [-0.1, -0.05) is 29.3 Å². The molecule has 3 heteroatoms. The van der Waals surface area contributed by atoms with Crippen molar-refractivity contribution >= 4 is 23.2 Å². The summed E-state index contributed by atoms with van der Waals surface area (Å²) in [7, 11) is 0. The number of nitriles is 1. The molecule has 0 aliphatic rings. The topological polar surface area (TPSA) is 23.8 Å². The highest BCUT2D eigenvalue weighted by Crippen LogP contribution is 2.27. The Labute approximate surface area is 94.3 Å². The van der Waals surface area contributed by atoms with Crippen LogP contribution in [0.2, 0.25) is 10.0 Å². The maximum absolute atomic E-state index is 8.88. The molecule has 1 aromatic carbocycles. The molecule has 0 amide bonds. The van der Waals surface area contributed by atoms with Gasteiger partial charge in [0.15, 0.2) is 0 Å². The van der Waals surface area contributed by atoms with Crippen LogP contribution >= 0.6 is 23.2 Å². The Morgan fingerprint density at radius 3 is 2.50 bits per heavy atom. The van der Waals surface area contributed by atoms with Gasteiger partial charge < -0.3 is 0 Å². The van der Waals surface area contributed by atoms with Gasteiger partial charge >= 0.3 is 0 Å². The van der Waals surface area contributed by atoms with Crippen molar-refractivity contribution in [2.75, 3.05) is 0 Å². The lowest BCUT2D eigenvalue weighted by Gasteiger charge is -2.15. The highest BCUT2D eigenvalue weighted by molar-refractivity contribution is 6.35. The Morgan fingerprint density at radius 2 is 2.00 bits per heavy atom. The van der Waals surface area contributed by atoms with Gasteiger partial charge in [-0.25, -0.2) is 0 Å². The SMILES string of the molecule is CC(C)(C#N)Cc1ccc(Cl)cc1Cl. The van der Waals surface area contributed by atoms with Gasteiger partial charge in [0.2, 0.25) is 0 Å². The minimum Gasteiger partial charge on any atom is -0.198 e. The molecule has 0 aromatic heterocycles. The van der Waals surface area contributed by atoms with E-state index in [1.807, 2.05) is 19.9 Å². The van der Waals surface area contributed by atoms with Gasteiger partial charge in [0, 0.05) is 10.0 Å². The molecule has 1 aromatic rings. The first-order valence-corrected chi connectivity index (χ1v) is 5.05. The van der Waals surface area contributed by atoms with Crippen LogP contribution in [0.5, 0.6) is 0 Å². The molecule has 0 heterocycles. The highest BCUT2D eigenvalue weighted by Gasteiger charge is 2.18. The van der Waals surface area contributed by atoms with Crippen molar-refractivity contribution in [1.29, 1.82) is 5.26 Å². The van der Waals surface area contributed by atoms with Crippen molar-refractivity contribution in [2.45, 2.75) is 20.3 Å². The molecule has 74 valence electrons. The normalized spacial score (nSPS) is 11.1. The zero-order chi connectivity index (χ0) is 10.8. The van der Waals surface area contributed by atoms with Crippen LogP contribution in [0.1, 0.15) is 19.4 Å². The molecule has 0 radical (unpaired) electrons. The number of hydrogen-bond donors (Lipinski definition) is 0. The average molecular weight is 228 g/mol. The third-order valence-corrected chi connectivity index (χ3v) is 2.54. The van der Waals surface area contributed by atoms with Gasteiger partial charge in [-0.3, -0.25) is 0 Å². The Bertz CT molecular complexity index is 377. The molecule has 1 rings (SSSR count). The quantitative estimate of drug-likeness (QED) is 0.747. The van der Waals surface area contributed by atoms with E-state index in [4.69, 9.17) is 28.5 Å². The molecule has 0 N–H and O–H groups in total. The minimum absolute atomic E-state index is 0.391. The summed E-state index contributed by atoms with van der Waals surface area (Å²) in [6.45, 7) is 3.77. The molecular formula is C11H11Cl2N. The summed E-state index contributed by atoms with van der Waals surface area (Å²) in [6, 6.07) is 7.59. The molecule has 0 aliphatic carbocycles. The fraction of sp³-hybridized carbons (Fsp3) is 0.364. The van der Waals surface area contributed by atoms with Crippen molar-refractivity contribution in [2.24, 2.45) is 5.41 Å². The molecule has 0 bridgehead atoms. The zero-order valence-corrected chi connectivity index (χ0v) is 9.65. The van der Waals surface area contributed by atoms with E-state index in [9.17, 15) is 0 Å². The first-order chi connectivity index (χ1) is 6.44. The van der Waals surface area contributed by atoms with Crippen LogP contribution in [0.4, 0.5) is 0 Å². The highest BCUT2D eigenvalue weighted by atomic mass is 35.5. The predicted molar refractivity (Wildman–Crippen MR) is 59.6 cm³/mol. The Hall–Kier alpha value is -0.710. The van der Waals surface area contributed by atoms with E-state index in [0.29, 0.717) is 16.5 Å². The van der Waals surface area contributed by atoms with E-state index in [1.54, 1.807) is 12.1 Å². The van der Waals surface area contributed by atoms with Crippen LogP contribution in [0.3, 0.4) is 0 Å². The van der Waals surface area contributed by atoms with Gasteiger partial charge in [0.1, 0.15) is 0 Å². The van der Waals surface area contributed by atoms with E-state index < -0.39 is 5.41 Å². The summed E-state index contributed by atoms with van der Waals surface area (Å²) in [5.74, 6) is 0. The van der Waals surface area contributed by atoms with Crippen molar-refractivity contribution < 1.29 is 0 Å². The fourth-order valence-electron chi connectivity index (χ4n) is 1.18. The van der Waals surface area contributed by atoms with Gasteiger partial charge in [0.25, 0.3) is 0 Å². The summed E-state index contributed by atoms with van der Waals surface area (Å²) in [6.07, 6.45) is 0.638. The van der Waals surface area contributed by atoms with Gasteiger partial charge in [-0.05, 0) is 38.0 Å². The first kappa shape index (κ1) is 11.4. The second-order valence-corrected chi connectivity index (χ2v) is 4.75. The minimum atomic E-state index is -0.391. The smallest absolute Gasteiger partial charge is 0.0687 e. The van der Waals surface area contributed by atoms with Crippen LogP contribution in [0.15, 0.2) is 18.2 Å². The zero-order valence-electron chi connectivity index (χ0n) is 8.14. The number of halogens is 2.